The molecule has 4 aromatic rings. The number of rotatable bonds is 7. The maximum absolute atomic E-state index is 13.6. The summed E-state index contributed by atoms with van der Waals surface area (Å²) < 4.78 is 5.81. The van der Waals surface area contributed by atoms with Gasteiger partial charge in [-0.05, 0) is 55.4 Å². The summed E-state index contributed by atoms with van der Waals surface area (Å²) in [6.07, 6.45) is 4.46. The van der Waals surface area contributed by atoms with Gasteiger partial charge in [-0.1, -0.05) is 79.7 Å². The van der Waals surface area contributed by atoms with Gasteiger partial charge in [0.05, 0.1) is 34.3 Å². The largest absolute Gasteiger partial charge is 0.450 e. The van der Waals surface area contributed by atoms with Gasteiger partial charge >= 0.3 is 5.97 Å². The number of anilines is 1. The van der Waals surface area contributed by atoms with Gasteiger partial charge in [0.1, 0.15) is 0 Å². The molecule has 1 saturated heterocycles. The van der Waals surface area contributed by atoms with Crippen LogP contribution >= 0.6 is 0 Å². The SMILES string of the molecule is CCC(OC(=O)c1cc(-c2ccc(N3C(=O)C4C5C=CC(C5)C4C3=O)cc2)nc2c(C)cccc12)C(=O)c1ccccc1. The van der Waals surface area contributed by atoms with Crippen molar-refractivity contribution < 1.29 is 23.9 Å². The number of hydrogen-bond acceptors (Lipinski definition) is 6. The lowest BCUT2D eigenvalue weighted by Crippen LogP contribution is -2.32. The van der Waals surface area contributed by atoms with Crippen molar-refractivity contribution in [1.29, 1.82) is 0 Å². The molecule has 2 heterocycles. The van der Waals surface area contributed by atoms with E-state index in [4.69, 9.17) is 9.72 Å². The predicted molar refractivity (Wildman–Crippen MR) is 162 cm³/mol. The highest BCUT2D eigenvalue weighted by molar-refractivity contribution is 6.23. The quantitative estimate of drug-likeness (QED) is 0.111. The first-order valence-electron chi connectivity index (χ1n) is 14.7. The summed E-state index contributed by atoms with van der Waals surface area (Å²) in [4.78, 5) is 59.5. The molecule has 0 N–H and O–H groups in total. The number of hydrogen-bond donors (Lipinski definition) is 0. The van der Waals surface area contributed by atoms with Gasteiger partial charge in [-0.25, -0.2) is 9.78 Å². The molecule has 2 aliphatic carbocycles. The van der Waals surface area contributed by atoms with Crippen LogP contribution in [-0.2, 0) is 14.3 Å². The van der Waals surface area contributed by atoms with Crippen LogP contribution in [0.5, 0.6) is 0 Å². The van der Waals surface area contributed by atoms with Gasteiger partial charge in [-0.2, -0.15) is 0 Å². The fourth-order valence-corrected chi connectivity index (χ4v) is 6.95. The molecule has 1 aromatic heterocycles. The Hall–Kier alpha value is -4.91. The Morgan fingerprint density at radius 2 is 1.58 bits per heavy atom. The Morgan fingerprint density at radius 1 is 0.907 bits per heavy atom. The molecule has 0 radical (unpaired) electrons. The lowest BCUT2D eigenvalue weighted by Gasteiger charge is -2.18. The highest BCUT2D eigenvalue weighted by atomic mass is 16.5. The van der Waals surface area contributed by atoms with Gasteiger partial charge < -0.3 is 4.74 Å². The number of allylic oxidation sites excluding steroid dienone is 2. The highest BCUT2D eigenvalue weighted by Crippen LogP contribution is 2.53. The van der Waals surface area contributed by atoms with Gasteiger partial charge in [0, 0.05) is 16.5 Å². The van der Waals surface area contributed by atoms with Crippen LogP contribution in [0.3, 0.4) is 0 Å². The van der Waals surface area contributed by atoms with E-state index < -0.39 is 12.1 Å². The van der Waals surface area contributed by atoms with Crippen LogP contribution in [0.4, 0.5) is 5.69 Å². The van der Waals surface area contributed by atoms with Crippen LogP contribution in [-0.4, -0.2) is 34.7 Å². The average Bonchev–Trinajstić information content (AvgIpc) is 3.73. The third-order valence-electron chi connectivity index (χ3n) is 9.12. The Bertz CT molecular complexity index is 1800. The zero-order chi connectivity index (χ0) is 29.8. The molecule has 7 nitrogen and oxygen atoms in total. The van der Waals surface area contributed by atoms with Crippen LogP contribution in [0.25, 0.3) is 22.2 Å². The second-order valence-electron chi connectivity index (χ2n) is 11.6. The molecule has 2 bridgehead atoms. The van der Waals surface area contributed by atoms with Crippen molar-refractivity contribution in [3.63, 3.8) is 0 Å². The number of ketones is 1. The summed E-state index contributed by atoms with van der Waals surface area (Å²) in [5, 5.41) is 0.635. The lowest BCUT2D eigenvalue weighted by atomic mass is 9.85. The zero-order valence-corrected chi connectivity index (χ0v) is 23.9. The number of benzene rings is 3. The smallest absolute Gasteiger partial charge is 0.339 e. The van der Waals surface area contributed by atoms with Crippen molar-refractivity contribution in [2.45, 2.75) is 32.8 Å². The minimum absolute atomic E-state index is 0.125. The number of pyridine rings is 1. The van der Waals surface area contributed by atoms with E-state index >= 15 is 0 Å². The molecule has 43 heavy (non-hydrogen) atoms. The number of para-hydroxylation sites is 1. The molecule has 5 unspecified atom stereocenters. The molecule has 7 heteroatoms. The number of amides is 2. The Morgan fingerprint density at radius 3 is 2.23 bits per heavy atom. The number of Topliss-reactive ketones (excluding diaryl/α,β-unsaturated/α-hetero) is 1. The molecule has 7 rings (SSSR count). The number of carbonyl (C=O) groups is 4. The Kier molecular flexibility index (Phi) is 6.53. The van der Waals surface area contributed by atoms with E-state index in [2.05, 4.69) is 12.2 Å². The van der Waals surface area contributed by atoms with Crippen LogP contribution in [0, 0.1) is 30.6 Å². The van der Waals surface area contributed by atoms with Crippen LogP contribution < -0.4 is 4.90 Å². The number of carbonyl (C=O) groups excluding carboxylic acids is 4. The van der Waals surface area contributed by atoms with Gasteiger partial charge in [0.15, 0.2) is 6.10 Å². The van der Waals surface area contributed by atoms with Gasteiger partial charge in [0.2, 0.25) is 17.6 Å². The molecular weight excluding hydrogens is 540 g/mol. The number of ether oxygens (including phenoxy) is 1. The van der Waals surface area contributed by atoms with Crippen molar-refractivity contribution >= 4 is 40.2 Å². The summed E-state index contributed by atoms with van der Waals surface area (Å²) in [6, 6.07) is 23.2. The molecule has 3 aromatic carbocycles. The fraction of sp³-hybridized carbons (Fsp3) is 0.250. The maximum Gasteiger partial charge on any atom is 0.339 e. The number of aryl methyl sites for hydroxylation is 1. The van der Waals surface area contributed by atoms with Crippen molar-refractivity contribution in [3.8, 4) is 11.3 Å². The van der Waals surface area contributed by atoms with E-state index in [-0.39, 0.29) is 41.3 Å². The van der Waals surface area contributed by atoms with E-state index in [0.717, 1.165) is 17.5 Å². The van der Waals surface area contributed by atoms with Crippen LogP contribution in [0.15, 0.2) is 91.0 Å². The van der Waals surface area contributed by atoms with Crippen molar-refractivity contribution in [2.24, 2.45) is 23.7 Å². The minimum atomic E-state index is -0.925. The predicted octanol–water partition coefficient (Wildman–Crippen LogP) is 6.34. The lowest BCUT2D eigenvalue weighted by molar-refractivity contribution is -0.123. The molecular formula is C36H30N2O5. The number of fused-ring (bicyclic) bond motifs is 6. The van der Waals surface area contributed by atoms with Crippen molar-refractivity contribution in [3.05, 3.63) is 108 Å². The second kappa shape index (κ2) is 10.4. The first-order valence-corrected chi connectivity index (χ1v) is 14.7. The molecule has 5 atom stereocenters. The Labute approximate surface area is 249 Å². The molecule has 2 fully saturated rings. The number of imide groups is 1. The van der Waals surface area contributed by atoms with E-state index in [1.807, 2.05) is 50.2 Å². The van der Waals surface area contributed by atoms with E-state index in [9.17, 15) is 19.2 Å². The Balaban J connectivity index is 1.20. The summed E-state index contributed by atoms with van der Waals surface area (Å²) >= 11 is 0. The minimum Gasteiger partial charge on any atom is -0.450 e. The summed E-state index contributed by atoms with van der Waals surface area (Å²) in [6.45, 7) is 3.74. The zero-order valence-electron chi connectivity index (χ0n) is 23.9. The van der Waals surface area contributed by atoms with E-state index in [1.54, 1.807) is 42.5 Å². The molecule has 0 spiro atoms. The number of nitrogens with zero attached hydrogens (tertiary/aromatic N) is 2. The number of aromatic nitrogens is 1. The second-order valence-corrected chi connectivity index (χ2v) is 11.6. The third-order valence-corrected chi connectivity index (χ3v) is 9.12. The third kappa shape index (κ3) is 4.38. The molecule has 2 amide bonds. The fourth-order valence-electron chi connectivity index (χ4n) is 6.95. The monoisotopic (exact) mass is 570 g/mol. The molecule has 1 saturated carbocycles. The average molecular weight is 571 g/mol. The maximum atomic E-state index is 13.6. The van der Waals surface area contributed by atoms with Gasteiger partial charge in [-0.15, -0.1) is 0 Å². The normalized spacial score (nSPS) is 22.7. The first kappa shape index (κ1) is 27.0. The molecule has 1 aliphatic heterocycles. The van der Waals surface area contributed by atoms with Gasteiger partial charge in [0.25, 0.3) is 0 Å². The summed E-state index contributed by atoms with van der Waals surface area (Å²) in [5.74, 6) is -1.33. The summed E-state index contributed by atoms with van der Waals surface area (Å²) in [7, 11) is 0. The van der Waals surface area contributed by atoms with Crippen molar-refractivity contribution in [1.82, 2.24) is 4.98 Å². The van der Waals surface area contributed by atoms with Gasteiger partial charge in [-0.3, -0.25) is 19.3 Å². The highest BCUT2D eigenvalue weighted by Gasteiger charge is 2.59. The topological polar surface area (TPSA) is 93.6 Å². The standard InChI is InChI=1S/C36H30N2O5/c1-3-29(33(39)22-9-5-4-6-10-22)43-36(42)27-19-28(37-32-20(2)8-7-11-26(27)32)21-14-16-25(17-15-21)38-34(40)30-23-12-13-24(18-23)31(30)35(38)41/h4-17,19,23-24,29-31H,3,18H2,1-2H3. The van der Waals surface area contributed by atoms with Crippen LogP contribution in [0.1, 0.15) is 46.0 Å². The number of esters is 1. The molecule has 214 valence electrons. The first-order chi connectivity index (χ1) is 20.9. The van der Waals surface area contributed by atoms with Crippen LogP contribution in [0.2, 0.25) is 0 Å². The van der Waals surface area contributed by atoms with E-state index in [0.29, 0.717) is 39.8 Å². The molecule has 3 aliphatic rings. The van der Waals surface area contributed by atoms with E-state index in [1.165, 1.54) is 4.90 Å². The van der Waals surface area contributed by atoms with Crippen molar-refractivity contribution in [2.75, 3.05) is 4.90 Å². The summed E-state index contributed by atoms with van der Waals surface area (Å²) in [5.41, 5.74) is 4.14.